The van der Waals surface area contributed by atoms with Gasteiger partial charge in [-0.25, -0.2) is 0 Å². The van der Waals surface area contributed by atoms with Crippen LogP contribution in [0.4, 0.5) is 0 Å². The predicted octanol–water partition coefficient (Wildman–Crippen LogP) is 4.45. The molecule has 0 N–H and O–H groups in total. The zero-order chi connectivity index (χ0) is 18.2. The van der Waals surface area contributed by atoms with Gasteiger partial charge in [0.05, 0.1) is 0 Å². The smallest absolute Gasteiger partial charge is 0.242 e. The van der Waals surface area contributed by atoms with Gasteiger partial charge in [0, 0.05) is 0 Å². The highest BCUT2D eigenvalue weighted by molar-refractivity contribution is 7.13. The molecule has 26 heavy (non-hydrogen) atoms. The minimum Gasteiger partial charge on any atom is -0.442 e. The van der Waals surface area contributed by atoms with Crippen molar-refractivity contribution in [3.8, 4) is 0 Å². The van der Waals surface area contributed by atoms with Crippen LogP contribution in [0.25, 0.3) is 5.20 Å². The number of benzene rings is 3. The zero-order valence-electron chi connectivity index (χ0n) is 15.6. The fourth-order valence-electron chi connectivity index (χ4n) is 3.90. The Kier molecular flexibility index (Phi) is 4.31. The van der Waals surface area contributed by atoms with Crippen LogP contribution in [0.15, 0.2) is 90.6 Å². The molecular formula is C23H24OSi2. The fourth-order valence-corrected chi connectivity index (χ4v) is 14.4. The van der Waals surface area contributed by atoms with Gasteiger partial charge < -0.3 is 4.12 Å². The maximum absolute atomic E-state index is 7.09. The van der Waals surface area contributed by atoms with Gasteiger partial charge in [-0.2, -0.15) is 0 Å². The molecule has 2 unspecified atom stereocenters. The molecule has 3 aromatic carbocycles. The number of aryl methyl sites for hydroxylation is 1. The quantitative estimate of drug-likeness (QED) is 0.617. The Morgan fingerprint density at radius 1 is 0.654 bits per heavy atom. The fraction of sp³-hybridized carbons (Fsp3) is 0.130. The van der Waals surface area contributed by atoms with Crippen LogP contribution in [0, 0.1) is 6.92 Å². The Balaban J connectivity index is 1.89. The average Bonchev–Trinajstić information content (AvgIpc) is 2.97. The lowest BCUT2D eigenvalue weighted by Gasteiger charge is -2.31. The predicted molar refractivity (Wildman–Crippen MR) is 116 cm³/mol. The van der Waals surface area contributed by atoms with Crippen molar-refractivity contribution in [2.75, 3.05) is 0 Å². The Hall–Kier alpha value is -2.21. The molecule has 3 heteroatoms. The summed E-state index contributed by atoms with van der Waals surface area (Å²) >= 11 is 0. The van der Waals surface area contributed by atoms with E-state index < -0.39 is 16.6 Å². The van der Waals surface area contributed by atoms with Crippen LogP contribution in [-0.4, -0.2) is 16.6 Å². The molecule has 0 radical (unpaired) electrons. The molecule has 0 saturated heterocycles. The largest absolute Gasteiger partial charge is 0.442 e. The summed E-state index contributed by atoms with van der Waals surface area (Å²) in [7, 11) is -4.39. The Labute approximate surface area is 158 Å². The molecule has 0 saturated carbocycles. The first-order chi connectivity index (χ1) is 12.5. The minimum atomic E-state index is -2.25. The molecule has 3 aromatic rings. The molecule has 1 aliphatic heterocycles. The van der Waals surface area contributed by atoms with Gasteiger partial charge in [-0.1, -0.05) is 96.2 Å². The molecule has 2 atom stereocenters. The lowest BCUT2D eigenvalue weighted by atomic mass is 10.1. The molecule has 1 aliphatic rings. The van der Waals surface area contributed by atoms with Crippen molar-refractivity contribution in [3.05, 3.63) is 102 Å². The number of hydrogen-bond donors (Lipinski definition) is 0. The van der Waals surface area contributed by atoms with Crippen LogP contribution in [0.1, 0.15) is 11.1 Å². The van der Waals surface area contributed by atoms with Crippen LogP contribution in [0.2, 0.25) is 13.1 Å². The SMILES string of the molecule is Cc1ccc(C2=C[Si](C)(c3ccccc3)O[Si]2(C)c2ccccc2)cc1. The highest BCUT2D eigenvalue weighted by Gasteiger charge is 2.50. The molecule has 0 fully saturated rings. The highest BCUT2D eigenvalue weighted by atomic mass is 28.4. The summed E-state index contributed by atoms with van der Waals surface area (Å²) in [6, 6.07) is 30.5. The van der Waals surface area contributed by atoms with E-state index in [2.05, 4.69) is 111 Å². The van der Waals surface area contributed by atoms with Crippen molar-refractivity contribution in [1.29, 1.82) is 0 Å². The van der Waals surface area contributed by atoms with Crippen molar-refractivity contribution in [2.24, 2.45) is 0 Å². The second-order valence-corrected chi connectivity index (χ2v) is 14.5. The molecular weight excluding hydrogens is 348 g/mol. The van der Waals surface area contributed by atoms with Gasteiger partial charge in [0.1, 0.15) is 0 Å². The van der Waals surface area contributed by atoms with Crippen molar-refractivity contribution < 1.29 is 4.12 Å². The van der Waals surface area contributed by atoms with Gasteiger partial charge >= 0.3 is 0 Å². The van der Waals surface area contributed by atoms with Gasteiger partial charge in [0.25, 0.3) is 0 Å². The van der Waals surface area contributed by atoms with E-state index in [0.717, 1.165) is 0 Å². The topological polar surface area (TPSA) is 9.23 Å². The van der Waals surface area contributed by atoms with E-state index in [0.29, 0.717) is 0 Å². The van der Waals surface area contributed by atoms with Crippen LogP contribution in [-0.2, 0) is 4.12 Å². The van der Waals surface area contributed by atoms with Crippen molar-refractivity contribution in [3.63, 3.8) is 0 Å². The summed E-state index contributed by atoms with van der Waals surface area (Å²) in [5, 5.41) is 4.11. The summed E-state index contributed by atoms with van der Waals surface area (Å²) in [5.41, 5.74) is 5.09. The third kappa shape index (κ3) is 2.92. The molecule has 130 valence electrons. The van der Waals surface area contributed by atoms with Gasteiger partial charge in [0.2, 0.25) is 16.6 Å². The van der Waals surface area contributed by atoms with E-state index in [1.54, 1.807) is 0 Å². The van der Waals surface area contributed by atoms with E-state index in [1.165, 1.54) is 26.7 Å². The van der Waals surface area contributed by atoms with Gasteiger partial charge in [-0.05, 0) is 41.2 Å². The molecule has 0 aliphatic carbocycles. The molecule has 0 spiro atoms. The van der Waals surface area contributed by atoms with E-state index in [9.17, 15) is 0 Å². The molecule has 1 nitrogen and oxygen atoms in total. The monoisotopic (exact) mass is 372 g/mol. The van der Waals surface area contributed by atoms with Gasteiger partial charge in [-0.3, -0.25) is 0 Å². The summed E-state index contributed by atoms with van der Waals surface area (Å²) in [4.78, 5) is 0. The second-order valence-electron chi connectivity index (χ2n) is 7.40. The maximum atomic E-state index is 7.09. The summed E-state index contributed by atoms with van der Waals surface area (Å²) < 4.78 is 7.09. The average molecular weight is 373 g/mol. The minimum absolute atomic E-state index is 1.29. The third-order valence-electron chi connectivity index (χ3n) is 5.38. The molecule has 0 amide bonds. The first kappa shape index (κ1) is 17.2. The standard InChI is InChI=1S/C23H24OSi2/c1-19-14-16-20(17-15-19)23-18-25(2,21-10-6-4-7-11-21)24-26(23,3)22-12-8-5-9-13-22/h4-18H,1-3H3. The van der Waals surface area contributed by atoms with Crippen LogP contribution in [0.5, 0.6) is 0 Å². The van der Waals surface area contributed by atoms with Gasteiger partial charge in [-0.15, -0.1) is 0 Å². The zero-order valence-corrected chi connectivity index (χ0v) is 17.6. The van der Waals surface area contributed by atoms with E-state index in [-0.39, 0.29) is 0 Å². The highest BCUT2D eigenvalue weighted by Crippen LogP contribution is 2.37. The third-order valence-corrected chi connectivity index (χ3v) is 14.2. The van der Waals surface area contributed by atoms with Crippen molar-refractivity contribution >= 4 is 32.2 Å². The second kappa shape index (κ2) is 6.51. The Morgan fingerprint density at radius 3 is 1.77 bits per heavy atom. The van der Waals surface area contributed by atoms with Crippen molar-refractivity contribution in [1.82, 2.24) is 0 Å². The van der Waals surface area contributed by atoms with Crippen LogP contribution in [0.3, 0.4) is 0 Å². The van der Waals surface area contributed by atoms with Crippen molar-refractivity contribution in [2.45, 2.75) is 20.0 Å². The van der Waals surface area contributed by atoms with Gasteiger partial charge in [0.15, 0.2) is 0 Å². The van der Waals surface area contributed by atoms with Crippen LogP contribution >= 0.6 is 0 Å². The Bertz CT molecular complexity index is 935. The number of rotatable bonds is 3. The lowest BCUT2D eigenvalue weighted by Crippen LogP contribution is -2.55. The molecule has 4 rings (SSSR count). The first-order valence-electron chi connectivity index (χ1n) is 9.13. The normalized spacial score (nSPS) is 25.1. The summed E-state index contributed by atoms with van der Waals surface area (Å²) in [5.74, 6) is 0. The van der Waals surface area contributed by atoms with E-state index >= 15 is 0 Å². The first-order valence-corrected chi connectivity index (χ1v) is 14.0. The molecule has 1 heterocycles. The molecule has 0 aromatic heterocycles. The summed E-state index contributed by atoms with van der Waals surface area (Å²) in [6.07, 6.45) is 0. The lowest BCUT2D eigenvalue weighted by molar-refractivity contribution is 0.595. The van der Waals surface area contributed by atoms with Crippen LogP contribution < -0.4 is 10.4 Å². The Morgan fingerprint density at radius 2 is 1.19 bits per heavy atom. The summed E-state index contributed by atoms with van der Waals surface area (Å²) in [6.45, 7) is 6.83. The number of hydrogen-bond acceptors (Lipinski definition) is 1. The van der Waals surface area contributed by atoms with E-state index in [1.807, 2.05) is 0 Å². The molecule has 0 bridgehead atoms. The van der Waals surface area contributed by atoms with E-state index in [4.69, 9.17) is 4.12 Å². The maximum Gasteiger partial charge on any atom is 0.242 e.